The van der Waals surface area contributed by atoms with Crippen molar-refractivity contribution in [3.63, 3.8) is 0 Å². The molecule has 0 atom stereocenters. The van der Waals surface area contributed by atoms with E-state index in [1.807, 2.05) is 13.8 Å². The highest BCUT2D eigenvalue weighted by Gasteiger charge is 2.31. The van der Waals surface area contributed by atoms with Crippen LogP contribution >= 0.6 is 23.1 Å². The van der Waals surface area contributed by atoms with Gasteiger partial charge in [0, 0.05) is 28.0 Å². The van der Waals surface area contributed by atoms with E-state index in [1.54, 1.807) is 6.07 Å². The molecule has 0 amide bonds. The monoisotopic (exact) mass is 428 g/mol. The summed E-state index contributed by atoms with van der Waals surface area (Å²) in [4.78, 5) is 13.8. The van der Waals surface area contributed by atoms with Gasteiger partial charge in [0.25, 0.3) is 0 Å². The number of nitrogen functional groups attached to an aromatic ring is 1. The summed E-state index contributed by atoms with van der Waals surface area (Å²) < 4.78 is 52.5. The number of hydrogen-bond donors (Lipinski definition) is 1. The molecule has 0 spiro atoms. The van der Waals surface area contributed by atoms with Crippen LogP contribution in [0.3, 0.4) is 0 Å². The molecule has 0 unspecified atom stereocenters. The Morgan fingerprint density at radius 2 is 1.89 bits per heavy atom. The summed E-state index contributed by atoms with van der Waals surface area (Å²) in [5.41, 5.74) is 6.24. The molecule has 2 N–H and O–H groups in total. The maximum absolute atomic E-state index is 14.3. The number of anilines is 1. The molecule has 0 aliphatic carbocycles. The van der Waals surface area contributed by atoms with Gasteiger partial charge < -0.3 is 5.73 Å². The Hall–Kier alpha value is -2.20. The molecule has 0 fully saturated rings. The van der Waals surface area contributed by atoms with E-state index in [0.29, 0.717) is 34.2 Å². The van der Waals surface area contributed by atoms with Crippen molar-refractivity contribution in [1.82, 2.24) is 15.0 Å². The van der Waals surface area contributed by atoms with Crippen molar-refractivity contribution in [3.05, 3.63) is 51.9 Å². The predicted molar refractivity (Wildman–Crippen MR) is 103 cm³/mol. The number of nitrogens with two attached hydrogens (primary N) is 1. The Morgan fingerprint density at radius 3 is 2.50 bits per heavy atom. The normalized spacial score (nSPS) is 11.8. The van der Waals surface area contributed by atoms with Gasteiger partial charge >= 0.3 is 6.18 Å². The van der Waals surface area contributed by atoms with Gasteiger partial charge in [-0.25, -0.2) is 19.3 Å². The van der Waals surface area contributed by atoms with E-state index >= 15 is 0 Å². The van der Waals surface area contributed by atoms with Crippen LogP contribution in [0.5, 0.6) is 0 Å². The van der Waals surface area contributed by atoms with Crippen LogP contribution in [0.1, 0.15) is 28.8 Å². The maximum Gasteiger partial charge on any atom is 0.416 e. The molecule has 0 radical (unpaired) electrons. The van der Waals surface area contributed by atoms with Crippen LogP contribution in [0.25, 0.3) is 10.6 Å². The minimum atomic E-state index is -4.59. The second kappa shape index (κ2) is 8.04. The van der Waals surface area contributed by atoms with E-state index in [0.717, 1.165) is 28.4 Å². The molecule has 148 valence electrons. The van der Waals surface area contributed by atoms with Crippen LogP contribution in [-0.2, 0) is 18.3 Å². The third-order valence-electron chi connectivity index (χ3n) is 3.82. The lowest BCUT2D eigenvalue weighted by molar-refractivity contribution is -0.137. The number of thiazole rings is 1. The Kier molecular flexibility index (Phi) is 5.90. The van der Waals surface area contributed by atoms with E-state index in [1.165, 1.54) is 23.1 Å². The molecule has 1 aromatic carbocycles. The number of alkyl halides is 3. The van der Waals surface area contributed by atoms with Gasteiger partial charge in [-0.1, -0.05) is 18.7 Å². The Labute approximate surface area is 167 Å². The highest BCUT2D eigenvalue weighted by Crippen LogP contribution is 2.36. The second-order valence-electron chi connectivity index (χ2n) is 5.94. The first-order chi connectivity index (χ1) is 13.2. The molecule has 28 heavy (non-hydrogen) atoms. The van der Waals surface area contributed by atoms with Crippen molar-refractivity contribution in [2.24, 2.45) is 0 Å². The number of nitrogens with zero attached hydrogens (tertiary/aromatic N) is 3. The summed E-state index contributed by atoms with van der Waals surface area (Å²) in [6, 6.07) is 4.15. The fourth-order valence-electron chi connectivity index (χ4n) is 2.51. The molecule has 3 rings (SSSR count). The van der Waals surface area contributed by atoms with Crippen molar-refractivity contribution < 1.29 is 17.6 Å². The molecule has 0 bridgehead atoms. The van der Waals surface area contributed by atoms with Crippen molar-refractivity contribution in [2.75, 3.05) is 5.73 Å². The second-order valence-corrected chi connectivity index (χ2v) is 7.97. The van der Waals surface area contributed by atoms with Gasteiger partial charge in [0.2, 0.25) is 0 Å². The molecule has 2 heterocycles. The molecule has 2 aromatic heterocycles. The topological polar surface area (TPSA) is 64.7 Å². The molecular weight excluding hydrogens is 412 g/mol. The van der Waals surface area contributed by atoms with Crippen molar-refractivity contribution in [1.29, 1.82) is 0 Å². The van der Waals surface area contributed by atoms with Gasteiger partial charge in [-0.15, -0.1) is 11.3 Å². The molecule has 0 saturated heterocycles. The number of hydrogen-bond acceptors (Lipinski definition) is 6. The number of rotatable bonds is 5. The highest BCUT2D eigenvalue weighted by molar-refractivity contribution is 7.98. The number of halogens is 4. The fraction of sp³-hybridized carbons (Fsp3) is 0.278. The number of aromatic nitrogens is 3. The van der Waals surface area contributed by atoms with Crippen molar-refractivity contribution in [2.45, 2.75) is 37.4 Å². The van der Waals surface area contributed by atoms with Gasteiger partial charge in [0.15, 0.2) is 5.16 Å². The molecule has 3 aromatic rings. The lowest BCUT2D eigenvalue weighted by atomic mass is 10.1. The van der Waals surface area contributed by atoms with E-state index in [9.17, 15) is 17.6 Å². The number of benzene rings is 1. The molecule has 0 aliphatic heterocycles. The smallest absolute Gasteiger partial charge is 0.384 e. The van der Waals surface area contributed by atoms with E-state index in [2.05, 4.69) is 15.0 Å². The fourth-order valence-corrected chi connectivity index (χ4v) is 4.53. The lowest BCUT2D eigenvalue weighted by Crippen LogP contribution is -2.05. The van der Waals surface area contributed by atoms with Gasteiger partial charge in [-0.2, -0.15) is 13.2 Å². The molecule has 0 aliphatic rings. The van der Waals surface area contributed by atoms with Crippen LogP contribution in [0.4, 0.5) is 23.4 Å². The first-order valence-corrected chi connectivity index (χ1v) is 10.1. The minimum Gasteiger partial charge on any atom is -0.384 e. The van der Waals surface area contributed by atoms with E-state index < -0.39 is 17.6 Å². The van der Waals surface area contributed by atoms with Crippen molar-refractivity contribution in [3.8, 4) is 10.6 Å². The Morgan fingerprint density at radius 1 is 1.14 bits per heavy atom. The quantitative estimate of drug-likeness (QED) is 0.330. The summed E-state index contributed by atoms with van der Waals surface area (Å²) in [6.45, 7) is 3.75. The number of aryl methyl sites for hydroxylation is 2. The summed E-state index contributed by atoms with van der Waals surface area (Å²) in [7, 11) is 0. The average molecular weight is 428 g/mol. The van der Waals surface area contributed by atoms with Crippen LogP contribution in [0.2, 0.25) is 0 Å². The first-order valence-electron chi connectivity index (χ1n) is 8.27. The van der Waals surface area contributed by atoms with Gasteiger partial charge in [-0.05, 0) is 31.5 Å². The number of thioether (sulfide) groups is 1. The van der Waals surface area contributed by atoms with Gasteiger partial charge in [-0.3, -0.25) is 0 Å². The molecule has 0 saturated carbocycles. The summed E-state index contributed by atoms with van der Waals surface area (Å²) >= 11 is 2.62. The largest absolute Gasteiger partial charge is 0.416 e. The zero-order valence-electron chi connectivity index (χ0n) is 15.0. The zero-order valence-corrected chi connectivity index (χ0v) is 16.6. The molecular formula is C18H16F4N4S2. The van der Waals surface area contributed by atoms with Crippen molar-refractivity contribution >= 4 is 28.9 Å². The van der Waals surface area contributed by atoms with E-state index in [-0.39, 0.29) is 5.56 Å². The third-order valence-corrected chi connectivity index (χ3v) is 5.95. The van der Waals surface area contributed by atoms with Gasteiger partial charge in [0.05, 0.1) is 11.3 Å². The predicted octanol–water partition coefficient (Wildman–Crippen LogP) is 5.50. The summed E-state index contributed by atoms with van der Waals surface area (Å²) in [5, 5.41) is 0.859. The van der Waals surface area contributed by atoms with Gasteiger partial charge in [0.1, 0.15) is 16.6 Å². The first kappa shape index (κ1) is 20.5. The highest BCUT2D eigenvalue weighted by atomic mass is 32.2. The molecule has 10 heteroatoms. The standard InChI is InChI=1S/C18H16F4N4S2/c1-3-14-13(8-27-17-24-9(2)6-15(23)26-17)25-16(28-14)11-5-4-10(7-12(11)19)18(20,21)22/h4-7H,3,8H2,1-2H3,(H2,23,24,26). The Bertz CT molecular complexity index is 981. The maximum atomic E-state index is 14.3. The average Bonchev–Trinajstić information content (AvgIpc) is 3.01. The van der Waals surface area contributed by atoms with Crippen LogP contribution in [0, 0.1) is 12.7 Å². The Balaban J connectivity index is 1.86. The molecule has 4 nitrogen and oxygen atoms in total. The van der Waals surface area contributed by atoms with Crippen LogP contribution in [-0.4, -0.2) is 15.0 Å². The summed E-state index contributed by atoms with van der Waals surface area (Å²) in [5.74, 6) is -0.123. The lowest BCUT2D eigenvalue weighted by Gasteiger charge is -2.07. The minimum absolute atomic E-state index is 0.0556. The zero-order chi connectivity index (χ0) is 20.5. The van der Waals surface area contributed by atoms with E-state index in [4.69, 9.17) is 5.73 Å². The van der Waals surface area contributed by atoms with Crippen LogP contribution < -0.4 is 5.73 Å². The summed E-state index contributed by atoms with van der Waals surface area (Å²) in [6.07, 6.45) is -3.92. The SMILES string of the molecule is CCc1sc(-c2ccc(C(F)(F)F)cc2F)nc1CSc1nc(C)cc(N)n1. The third kappa shape index (κ3) is 4.61. The van der Waals surface area contributed by atoms with Crippen LogP contribution in [0.15, 0.2) is 29.4 Å².